The minimum atomic E-state index is -0.687. The van der Waals surface area contributed by atoms with E-state index in [0.717, 1.165) is 50.1 Å². The lowest BCUT2D eigenvalue weighted by Gasteiger charge is -2.27. The molecule has 2 aromatic rings. The number of likely N-dealkylation sites (tertiary alicyclic amines) is 1. The predicted octanol–water partition coefficient (Wildman–Crippen LogP) is 5.23. The van der Waals surface area contributed by atoms with Crippen molar-refractivity contribution in [3.8, 4) is 5.75 Å². The van der Waals surface area contributed by atoms with E-state index in [-0.39, 0.29) is 11.8 Å². The number of hydrogen-bond acceptors (Lipinski definition) is 3. The molecular formula is C25H32N2O3. The van der Waals surface area contributed by atoms with Gasteiger partial charge in [-0.15, -0.1) is 0 Å². The Labute approximate surface area is 179 Å². The zero-order valence-electron chi connectivity index (χ0n) is 18.2. The van der Waals surface area contributed by atoms with E-state index in [9.17, 15) is 9.59 Å². The number of hydrogen-bond donors (Lipinski definition) is 1. The first-order valence-electron chi connectivity index (χ1n) is 11.0. The van der Waals surface area contributed by atoms with Gasteiger partial charge in [0.2, 0.25) is 0 Å². The molecule has 0 aromatic heterocycles. The molecule has 160 valence electrons. The van der Waals surface area contributed by atoms with Crippen LogP contribution in [0.25, 0.3) is 0 Å². The van der Waals surface area contributed by atoms with Crippen molar-refractivity contribution in [2.45, 2.75) is 58.5 Å². The normalized spacial score (nSPS) is 15.9. The highest BCUT2D eigenvalue weighted by Gasteiger charge is 2.23. The number of nitrogens with zero attached hydrogens (tertiary/aromatic N) is 1. The SMILES string of the molecule is CCC(C)c1ccccc1OC(C)C(=O)Nc1ccccc1C(=O)N1CCCCC1. The van der Waals surface area contributed by atoms with E-state index in [4.69, 9.17) is 4.74 Å². The van der Waals surface area contributed by atoms with Gasteiger partial charge in [0.25, 0.3) is 11.8 Å². The molecule has 0 bridgehead atoms. The number of para-hydroxylation sites is 2. The van der Waals surface area contributed by atoms with E-state index in [0.29, 0.717) is 17.2 Å². The van der Waals surface area contributed by atoms with E-state index < -0.39 is 6.10 Å². The lowest BCUT2D eigenvalue weighted by molar-refractivity contribution is -0.122. The molecule has 0 saturated carbocycles. The summed E-state index contributed by atoms with van der Waals surface area (Å²) in [5.41, 5.74) is 2.16. The second kappa shape index (κ2) is 10.3. The smallest absolute Gasteiger partial charge is 0.265 e. The highest BCUT2D eigenvalue weighted by molar-refractivity contribution is 6.04. The molecule has 2 amide bonds. The van der Waals surface area contributed by atoms with Crippen molar-refractivity contribution in [1.82, 2.24) is 4.90 Å². The van der Waals surface area contributed by atoms with E-state index in [2.05, 4.69) is 19.2 Å². The molecule has 1 saturated heterocycles. The Hall–Kier alpha value is -2.82. The number of carbonyl (C=O) groups is 2. The average Bonchev–Trinajstić information content (AvgIpc) is 2.79. The maximum atomic E-state index is 13.0. The fourth-order valence-corrected chi connectivity index (χ4v) is 3.74. The molecule has 3 rings (SSSR count). The van der Waals surface area contributed by atoms with Crippen LogP contribution >= 0.6 is 0 Å². The van der Waals surface area contributed by atoms with Crippen molar-refractivity contribution in [1.29, 1.82) is 0 Å². The van der Waals surface area contributed by atoms with Gasteiger partial charge in [-0.25, -0.2) is 0 Å². The molecule has 5 nitrogen and oxygen atoms in total. The van der Waals surface area contributed by atoms with Crippen LogP contribution in [-0.4, -0.2) is 35.9 Å². The van der Waals surface area contributed by atoms with E-state index >= 15 is 0 Å². The van der Waals surface area contributed by atoms with Crippen LogP contribution in [0.3, 0.4) is 0 Å². The number of piperidine rings is 1. The third-order valence-corrected chi connectivity index (χ3v) is 5.79. The third-order valence-electron chi connectivity index (χ3n) is 5.79. The highest BCUT2D eigenvalue weighted by atomic mass is 16.5. The van der Waals surface area contributed by atoms with Gasteiger partial charge in [0.1, 0.15) is 5.75 Å². The highest BCUT2D eigenvalue weighted by Crippen LogP contribution is 2.29. The predicted molar refractivity (Wildman–Crippen MR) is 120 cm³/mol. The maximum Gasteiger partial charge on any atom is 0.265 e. The summed E-state index contributed by atoms with van der Waals surface area (Å²) in [6.07, 6.45) is 3.53. The molecule has 0 radical (unpaired) electrons. The summed E-state index contributed by atoms with van der Waals surface area (Å²) < 4.78 is 6.01. The summed E-state index contributed by atoms with van der Waals surface area (Å²) in [7, 11) is 0. The number of ether oxygens (including phenoxy) is 1. The summed E-state index contributed by atoms with van der Waals surface area (Å²) in [4.78, 5) is 27.7. The van der Waals surface area contributed by atoms with Crippen molar-refractivity contribution in [3.63, 3.8) is 0 Å². The zero-order chi connectivity index (χ0) is 21.5. The quantitative estimate of drug-likeness (QED) is 0.682. The Kier molecular flexibility index (Phi) is 7.50. The van der Waals surface area contributed by atoms with Gasteiger partial charge in [0, 0.05) is 13.1 Å². The van der Waals surface area contributed by atoms with Gasteiger partial charge in [0.05, 0.1) is 11.3 Å². The first-order valence-corrected chi connectivity index (χ1v) is 11.0. The molecule has 1 aliphatic rings. The summed E-state index contributed by atoms with van der Waals surface area (Å²) in [6, 6.07) is 15.0. The van der Waals surface area contributed by atoms with E-state index in [1.54, 1.807) is 19.1 Å². The molecule has 2 atom stereocenters. The minimum Gasteiger partial charge on any atom is -0.481 e. The van der Waals surface area contributed by atoms with Gasteiger partial charge in [-0.2, -0.15) is 0 Å². The third kappa shape index (κ3) is 5.21. The fourth-order valence-electron chi connectivity index (χ4n) is 3.74. The second-order valence-corrected chi connectivity index (χ2v) is 7.99. The molecule has 1 aliphatic heterocycles. The Bertz CT molecular complexity index is 874. The minimum absolute atomic E-state index is 0.0266. The Morgan fingerprint density at radius 1 is 1.00 bits per heavy atom. The van der Waals surface area contributed by atoms with Crippen molar-refractivity contribution < 1.29 is 14.3 Å². The van der Waals surface area contributed by atoms with Crippen LogP contribution < -0.4 is 10.1 Å². The van der Waals surface area contributed by atoms with Crippen LogP contribution in [0.1, 0.15) is 68.3 Å². The molecule has 2 aromatic carbocycles. The number of nitrogens with one attached hydrogen (secondary N) is 1. The van der Waals surface area contributed by atoms with E-state index in [1.165, 1.54) is 0 Å². The molecule has 30 heavy (non-hydrogen) atoms. The van der Waals surface area contributed by atoms with Crippen molar-refractivity contribution in [2.24, 2.45) is 0 Å². The number of anilines is 1. The second-order valence-electron chi connectivity index (χ2n) is 7.99. The largest absolute Gasteiger partial charge is 0.481 e. The Balaban J connectivity index is 1.71. The van der Waals surface area contributed by atoms with Crippen LogP contribution in [0, 0.1) is 0 Å². The van der Waals surface area contributed by atoms with Gasteiger partial charge >= 0.3 is 0 Å². The van der Waals surface area contributed by atoms with Gasteiger partial charge in [-0.3, -0.25) is 9.59 Å². The van der Waals surface area contributed by atoms with Crippen LogP contribution in [0.4, 0.5) is 5.69 Å². The summed E-state index contributed by atoms with van der Waals surface area (Å²) in [5, 5.41) is 2.90. The number of benzene rings is 2. The van der Waals surface area contributed by atoms with Crippen LogP contribution in [0.2, 0.25) is 0 Å². The number of amides is 2. The molecule has 0 spiro atoms. The van der Waals surface area contributed by atoms with Gasteiger partial charge < -0.3 is 15.0 Å². The summed E-state index contributed by atoms with van der Waals surface area (Å²) in [6.45, 7) is 7.56. The van der Waals surface area contributed by atoms with Crippen LogP contribution in [0.5, 0.6) is 5.75 Å². The lowest BCUT2D eigenvalue weighted by Crippen LogP contribution is -2.36. The first-order chi connectivity index (χ1) is 14.5. The molecule has 2 unspecified atom stereocenters. The summed E-state index contributed by atoms with van der Waals surface area (Å²) >= 11 is 0. The van der Waals surface area contributed by atoms with Crippen LogP contribution in [-0.2, 0) is 4.79 Å². The van der Waals surface area contributed by atoms with Crippen molar-refractivity contribution in [3.05, 3.63) is 59.7 Å². The van der Waals surface area contributed by atoms with Gasteiger partial charge in [-0.1, -0.05) is 44.2 Å². The maximum absolute atomic E-state index is 13.0. The van der Waals surface area contributed by atoms with Crippen molar-refractivity contribution >= 4 is 17.5 Å². The molecule has 5 heteroatoms. The molecular weight excluding hydrogens is 376 g/mol. The molecule has 1 fully saturated rings. The zero-order valence-corrected chi connectivity index (χ0v) is 18.2. The van der Waals surface area contributed by atoms with Crippen LogP contribution in [0.15, 0.2) is 48.5 Å². The average molecular weight is 409 g/mol. The number of rotatable bonds is 7. The van der Waals surface area contributed by atoms with Gasteiger partial charge in [-0.05, 0) is 62.3 Å². The Morgan fingerprint density at radius 2 is 1.67 bits per heavy atom. The van der Waals surface area contributed by atoms with Gasteiger partial charge in [0.15, 0.2) is 6.10 Å². The number of carbonyl (C=O) groups excluding carboxylic acids is 2. The summed E-state index contributed by atoms with van der Waals surface area (Å²) in [5.74, 6) is 0.778. The molecule has 1 heterocycles. The topological polar surface area (TPSA) is 58.6 Å². The van der Waals surface area contributed by atoms with Crippen molar-refractivity contribution in [2.75, 3.05) is 18.4 Å². The standard InChI is InChI=1S/C25H32N2O3/c1-4-18(2)20-12-7-9-15-23(20)30-19(3)24(28)26-22-14-8-6-13-21(22)25(29)27-16-10-5-11-17-27/h6-9,12-15,18-19H,4-5,10-11,16-17H2,1-3H3,(H,26,28). The molecule has 0 aliphatic carbocycles. The first kappa shape index (κ1) is 21.9. The lowest BCUT2D eigenvalue weighted by atomic mass is 9.98. The fraction of sp³-hybridized carbons (Fsp3) is 0.440. The Morgan fingerprint density at radius 3 is 2.40 bits per heavy atom. The monoisotopic (exact) mass is 408 g/mol. The van der Waals surface area contributed by atoms with E-state index in [1.807, 2.05) is 41.3 Å². The molecule has 1 N–H and O–H groups in total.